The van der Waals surface area contributed by atoms with E-state index in [0.717, 1.165) is 0 Å². The highest BCUT2D eigenvalue weighted by Gasteiger charge is 2.45. The Balaban J connectivity index is 1.43. The topological polar surface area (TPSA) is 15.8 Å². The maximum Gasteiger partial charge on any atom is 0.135 e. The zero-order valence-corrected chi connectivity index (χ0v) is 19.6. The highest BCUT2D eigenvalue weighted by atomic mass is 32.2. The van der Waals surface area contributed by atoms with Gasteiger partial charge >= 0.3 is 0 Å². The summed E-state index contributed by atoms with van der Waals surface area (Å²) >= 11 is 7.82. The van der Waals surface area contributed by atoms with E-state index in [-0.39, 0.29) is 8.16 Å². The quantitative estimate of drug-likeness (QED) is 0.331. The molecule has 6 rings (SSSR count). The van der Waals surface area contributed by atoms with E-state index in [1.54, 1.807) is 0 Å². The molecule has 0 atom stereocenters. The van der Waals surface area contributed by atoms with Gasteiger partial charge in [-0.3, -0.25) is 0 Å². The molecule has 148 valence electrons. The van der Waals surface area contributed by atoms with Gasteiger partial charge in [-0.05, 0) is 48.4 Å². The van der Waals surface area contributed by atoms with Gasteiger partial charge in [0.15, 0.2) is 0 Å². The minimum Gasteiger partial charge on any atom is -0.362 e. The van der Waals surface area contributed by atoms with Crippen molar-refractivity contribution < 1.29 is 0 Å². The molecule has 2 aliphatic rings. The number of benzene rings is 3. The molecule has 1 N–H and O–H groups in total. The number of rotatable bonds is 3. The van der Waals surface area contributed by atoms with Gasteiger partial charge in [0.1, 0.15) is 4.08 Å². The molecule has 0 bridgehead atoms. The summed E-state index contributed by atoms with van der Waals surface area (Å²) in [7, 11) is 0. The van der Waals surface area contributed by atoms with E-state index < -0.39 is 0 Å². The van der Waals surface area contributed by atoms with Crippen LogP contribution in [0.2, 0.25) is 0 Å². The Bertz CT molecular complexity index is 1180. The largest absolute Gasteiger partial charge is 0.362 e. The van der Waals surface area contributed by atoms with Crippen LogP contribution < -0.4 is 0 Å². The average molecular weight is 462 g/mol. The second-order valence-corrected chi connectivity index (χ2v) is 13.5. The van der Waals surface area contributed by atoms with Crippen molar-refractivity contribution in [2.75, 3.05) is 0 Å². The average Bonchev–Trinajstić information content (AvgIpc) is 3.49. The van der Waals surface area contributed by atoms with Crippen LogP contribution in [0.5, 0.6) is 0 Å². The van der Waals surface area contributed by atoms with Gasteiger partial charge in [-0.2, -0.15) is 0 Å². The van der Waals surface area contributed by atoms with Gasteiger partial charge in [-0.15, -0.1) is 23.5 Å². The van der Waals surface area contributed by atoms with E-state index >= 15 is 0 Å². The molecule has 1 aromatic heterocycles. The fraction of sp³-hybridized carbons (Fsp3) is 0.120. The first-order valence-electron chi connectivity index (χ1n) is 9.85. The van der Waals surface area contributed by atoms with E-state index in [9.17, 15) is 0 Å². The molecular formula is C25H19NS4. The zero-order valence-electron chi connectivity index (χ0n) is 16.3. The summed E-state index contributed by atoms with van der Waals surface area (Å²) in [5, 5.41) is 0. The summed E-state index contributed by atoms with van der Waals surface area (Å²) in [6, 6.07) is 30.8. The van der Waals surface area contributed by atoms with Crippen molar-refractivity contribution in [3.05, 3.63) is 108 Å². The third-order valence-electron chi connectivity index (χ3n) is 5.53. The number of hydrogen-bond donors (Lipinski definition) is 1. The molecule has 4 aromatic rings. The summed E-state index contributed by atoms with van der Waals surface area (Å²) in [5.41, 5.74) is 3.93. The van der Waals surface area contributed by atoms with Crippen molar-refractivity contribution >= 4 is 47.0 Å². The van der Waals surface area contributed by atoms with Crippen molar-refractivity contribution in [1.82, 2.24) is 4.98 Å². The maximum atomic E-state index is 3.68. The Morgan fingerprint density at radius 3 is 1.67 bits per heavy atom. The molecule has 0 spiro atoms. The van der Waals surface area contributed by atoms with Gasteiger partial charge < -0.3 is 4.98 Å². The lowest BCUT2D eigenvalue weighted by Gasteiger charge is -2.27. The fourth-order valence-electron chi connectivity index (χ4n) is 4.01. The van der Waals surface area contributed by atoms with Gasteiger partial charge in [-0.25, -0.2) is 0 Å². The van der Waals surface area contributed by atoms with Crippen LogP contribution >= 0.6 is 47.0 Å². The van der Waals surface area contributed by atoms with Crippen LogP contribution in [0, 0.1) is 0 Å². The van der Waals surface area contributed by atoms with Crippen molar-refractivity contribution in [2.24, 2.45) is 0 Å². The normalized spacial score (nSPS) is 18.2. The van der Waals surface area contributed by atoms with Crippen LogP contribution in [-0.4, -0.2) is 4.98 Å². The van der Waals surface area contributed by atoms with Crippen molar-refractivity contribution in [3.8, 4) is 0 Å². The van der Waals surface area contributed by atoms with Gasteiger partial charge in [0, 0.05) is 31.5 Å². The second-order valence-electron chi connectivity index (χ2n) is 7.53. The van der Waals surface area contributed by atoms with Crippen molar-refractivity contribution in [2.45, 2.75) is 34.7 Å². The minimum absolute atomic E-state index is 0.0168. The molecule has 3 aromatic carbocycles. The predicted octanol–water partition coefficient (Wildman–Crippen LogP) is 8.18. The van der Waals surface area contributed by atoms with Crippen LogP contribution in [0.15, 0.2) is 111 Å². The molecule has 0 radical (unpaired) electrons. The molecule has 0 fully saturated rings. The molecule has 30 heavy (non-hydrogen) atoms. The molecule has 1 nitrogen and oxygen atoms in total. The van der Waals surface area contributed by atoms with E-state index in [0.29, 0.717) is 0 Å². The van der Waals surface area contributed by atoms with E-state index in [1.165, 1.54) is 36.4 Å². The Morgan fingerprint density at radius 1 is 0.600 bits per heavy atom. The fourth-order valence-corrected chi connectivity index (χ4v) is 10.1. The second kappa shape index (κ2) is 7.20. The summed E-state index contributed by atoms with van der Waals surface area (Å²) in [5.74, 6) is 0. The molecular weight excluding hydrogens is 443 g/mol. The summed E-state index contributed by atoms with van der Waals surface area (Å²) in [6.45, 7) is 2.34. The van der Waals surface area contributed by atoms with Gasteiger partial charge in [0.2, 0.25) is 0 Å². The minimum atomic E-state index is -0.194. The highest BCUT2D eigenvalue weighted by molar-refractivity contribution is 8.20. The Morgan fingerprint density at radius 2 is 1.10 bits per heavy atom. The molecule has 0 unspecified atom stereocenters. The van der Waals surface area contributed by atoms with Crippen LogP contribution in [-0.2, 0) is 8.16 Å². The molecule has 2 aliphatic heterocycles. The van der Waals surface area contributed by atoms with Crippen LogP contribution in [0.3, 0.4) is 0 Å². The highest BCUT2D eigenvalue weighted by Crippen LogP contribution is 2.65. The molecule has 3 heterocycles. The number of fused-ring (bicyclic) bond motifs is 2. The Kier molecular flexibility index (Phi) is 4.57. The molecule has 0 saturated carbocycles. The van der Waals surface area contributed by atoms with E-state index in [2.05, 4.69) is 103 Å². The van der Waals surface area contributed by atoms with Crippen molar-refractivity contribution in [3.63, 3.8) is 0 Å². The molecule has 0 saturated heterocycles. The van der Waals surface area contributed by atoms with E-state index in [4.69, 9.17) is 0 Å². The molecule has 0 amide bonds. The standard InChI is InChI=1S/C25H19NS4/c1-24(27-19-11-5-6-12-20(19)28-24)18-15-23(26-16-18)25(17-9-3-2-4-10-17)29-21-13-7-8-14-22(21)30-25/h2-16,26H,1H3. The predicted molar refractivity (Wildman–Crippen MR) is 132 cm³/mol. The number of nitrogens with one attached hydrogen (secondary N) is 1. The number of aromatic nitrogens is 1. The Hall–Kier alpha value is -1.66. The van der Waals surface area contributed by atoms with Gasteiger partial charge in [-0.1, -0.05) is 78.1 Å². The summed E-state index contributed by atoms with van der Waals surface area (Å²) in [6.07, 6.45) is 2.22. The number of hydrogen-bond acceptors (Lipinski definition) is 4. The lowest BCUT2D eigenvalue weighted by Crippen LogP contribution is -2.17. The number of aromatic amines is 1. The van der Waals surface area contributed by atoms with E-state index in [1.807, 2.05) is 47.0 Å². The summed E-state index contributed by atoms with van der Waals surface area (Å²) < 4.78 is -0.211. The first-order valence-corrected chi connectivity index (χ1v) is 13.1. The lowest BCUT2D eigenvalue weighted by molar-refractivity contribution is 1.01. The third-order valence-corrected chi connectivity index (χ3v) is 11.8. The van der Waals surface area contributed by atoms with Gasteiger partial charge in [0.25, 0.3) is 0 Å². The summed E-state index contributed by atoms with van der Waals surface area (Å²) in [4.78, 5) is 9.14. The lowest BCUT2D eigenvalue weighted by atomic mass is 10.1. The molecule has 0 aliphatic carbocycles. The smallest absolute Gasteiger partial charge is 0.135 e. The Labute approximate surface area is 193 Å². The first-order chi connectivity index (χ1) is 14.7. The van der Waals surface area contributed by atoms with Crippen LogP contribution in [0.4, 0.5) is 0 Å². The maximum absolute atomic E-state index is 3.68. The number of H-pyrrole nitrogens is 1. The van der Waals surface area contributed by atoms with Crippen molar-refractivity contribution in [1.29, 1.82) is 0 Å². The first kappa shape index (κ1) is 19.1. The molecule has 5 heteroatoms. The third kappa shape index (κ3) is 2.98. The van der Waals surface area contributed by atoms with Crippen LogP contribution in [0.25, 0.3) is 0 Å². The number of thioether (sulfide) groups is 4. The SMILES string of the molecule is CC1(c2c[nH]c(C3(c4ccccc4)Sc4ccccc4S3)c2)Sc2ccccc2S1. The monoisotopic (exact) mass is 461 g/mol. The van der Waals surface area contributed by atoms with Gasteiger partial charge in [0.05, 0.1) is 4.08 Å². The zero-order chi connectivity index (χ0) is 20.2. The van der Waals surface area contributed by atoms with Crippen LogP contribution in [0.1, 0.15) is 23.7 Å².